The first kappa shape index (κ1) is 9.96. The molecule has 0 amide bonds. The highest BCUT2D eigenvalue weighted by Gasteiger charge is 2.08. The molecule has 12 heavy (non-hydrogen) atoms. The number of hydrogen-bond acceptors (Lipinski definition) is 2. The molecule has 1 rings (SSSR count). The maximum atomic E-state index is 10.0. The van der Waals surface area contributed by atoms with Gasteiger partial charge < -0.3 is 9.64 Å². The highest BCUT2D eigenvalue weighted by molar-refractivity contribution is 4.63. The van der Waals surface area contributed by atoms with E-state index >= 15 is 0 Å². The normalized spacial score (nSPS) is 19.8. The van der Waals surface area contributed by atoms with Crippen LogP contribution in [-0.2, 0) is 9.84 Å². The Kier molecular flexibility index (Phi) is 5.32. The fourth-order valence-corrected chi connectivity index (χ4v) is 1.54. The third kappa shape index (κ3) is 4.04. The molecular weight excluding hydrogens is 154 g/mol. The molecule has 0 bridgehead atoms. The summed E-state index contributed by atoms with van der Waals surface area (Å²) in [7, 11) is 0. The highest BCUT2D eigenvalue weighted by Crippen LogP contribution is 2.07. The molecule has 0 saturated carbocycles. The van der Waals surface area contributed by atoms with E-state index in [0.717, 1.165) is 13.2 Å². The number of rotatable bonds is 5. The molecule has 1 saturated heterocycles. The largest absolute Gasteiger partial charge is 0.378 e. The lowest BCUT2D eigenvalue weighted by Gasteiger charge is -2.25. The molecule has 0 unspecified atom stereocenters. The zero-order valence-electron chi connectivity index (χ0n) is 7.63. The fourth-order valence-electron chi connectivity index (χ4n) is 1.54. The second-order valence-electron chi connectivity index (χ2n) is 3.22. The van der Waals surface area contributed by atoms with Crippen LogP contribution >= 0.6 is 0 Å². The van der Waals surface area contributed by atoms with Crippen LogP contribution in [0, 0.1) is 0 Å². The Bertz CT molecular complexity index is 103. The zero-order valence-corrected chi connectivity index (χ0v) is 7.63. The number of hydrogen-bond donors (Lipinski definition) is 0. The summed E-state index contributed by atoms with van der Waals surface area (Å²) in [6, 6.07) is 0. The van der Waals surface area contributed by atoms with Crippen LogP contribution in [0.3, 0.4) is 0 Å². The lowest BCUT2D eigenvalue weighted by Crippen LogP contribution is -2.32. The van der Waals surface area contributed by atoms with Crippen LogP contribution in [0.1, 0.15) is 19.3 Å². The van der Waals surface area contributed by atoms with Crippen molar-refractivity contribution in [3.05, 3.63) is 0 Å². The Morgan fingerprint density at radius 2 is 1.83 bits per heavy atom. The first-order valence-corrected chi connectivity index (χ1v) is 4.81. The van der Waals surface area contributed by atoms with Crippen molar-refractivity contribution in [3.8, 4) is 0 Å². The molecule has 1 aliphatic rings. The summed E-state index contributed by atoms with van der Waals surface area (Å²) in [5.74, 6) is 0. The highest BCUT2D eigenvalue weighted by atomic mass is 16.5. The molecule has 0 N–H and O–H groups in total. The van der Waals surface area contributed by atoms with Crippen LogP contribution in [0.2, 0.25) is 0 Å². The van der Waals surface area contributed by atoms with Crippen molar-refractivity contribution >= 4 is 0 Å². The Morgan fingerprint density at radius 1 is 1.08 bits per heavy atom. The number of piperidine rings is 1. The van der Waals surface area contributed by atoms with Crippen molar-refractivity contribution < 1.29 is 9.84 Å². The molecule has 1 heterocycles. The van der Waals surface area contributed by atoms with Crippen LogP contribution in [0.4, 0.5) is 0 Å². The van der Waals surface area contributed by atoms with Gasteiger partial charge in [0.15, 0.2) is 0 Å². The van der Waals surface area contributed by atoms with Crippen LogP contribution in [-0.4, -0.2) is 44.4 Å². The average Bonchev–Trinajstić information content (AvgIpc) is 2.14. The first-order valence-electron chi connectivity index (χ1n) is 4.81. The van der Waals surface area contributed by atoms with Crippen molar-refractivity contribution in [2.75, 3.05) is 39.5 Å². The molecule has 71 valence electrons. The Balaban J connectivity index is 1.91. The summed E-state index contributed by atoms with van der Waals surface area (Å²) in [5, 5.41) is 10.0. The fraction of sp³-hybridized carbons (Fsp3) is 1.00. The summed E-state index contributed by atoms with van der Waals surface area (Å²) >= 11 is 0. The van der Waals surface area contributed by atoms with E-state index in [0.29, 0.717) is 6.61 Å². The van der Waals surface area contributed by atoms with Crippen molar-refractivity contribution in [1.29, 1.82) is 0 Å². The third-order valence-corrected chi connectivity index (χ3v) is 2.23. The van der Waals surface area contributed by atoms with Gasteiger partial charge in [-0.1, -0.05) is 6.42 Å². The molecule has 0 aromatic heterocycles. The minimum absolute atomic E-state index is 0.111. The molecule has 3 nitrogen and oxygen atoms in total. The van der Waals surface area contributed by atoms with E-state index in [1.807, 2.05) is 0 Å². The second kappa shape index (κ2) is 6.40. The number of likely N-dealkylation sites (tertiary alicyclic amines) is 1. The van der Waals surface area contributed by atoms with E-state index in [2.05, 4.69) is 4.90 Å². The number of ether oxygens (including phenoxy) is 1. The molecule has 0 aliphatic carbocycles. The summed E-state index contributed by atoms with van der Waals surface area (Å²) in [4.78, 5) is 2.41. The lowest BCUT2D eigenvalue weighted by atomic mass is 10.1. The molecule has 1 radical (unpaired) electrons. The van der Waals surface area contributed by atoms with Crippen LogP contribution in [0.25, 0.3) is 0 Å². The molecule has 0 aromatic rings. The molecule has 1 aliphatic heterocycles. The van der Waals surface area contributed by atoms with E-state index in [4.69, 9.17) is 4.74 Å². The first-order chi connectivity index (χ1) is 5.93. The topological polar surface area (TPSA) is 32.4 Å². The van der Waals surface area contributed by atoms with Gasteiger partial charge in [0.2, 0.25) is 0 Å². The van der Waals surface area contributed by atoms with Gasteiger partial charge in [0.25, 0.3) is 0 Å². The van der Waals surface area contributed by atoms with Gasteiger partial charge in [-0.05, 0) is 25.9 Å². The average molecular weight is 172 g/mol. The van der Waals surface area contributed by atoms with Crippen LogP contribution in [0.15, 0.2) is 0 Å². The van der Waals surface area contributed by atoms with Crippen molar-refractivity contribution in [1.82, 2.24) is 4.90 Å². The van der Waals surface area contributed by atoms with E-state index < -0.39 is 0 Å². The standard InChI is InChI=1S/C9H18NO2/c11-7-9-12-8-6-10-4-2-1-3-5-10/h1-9H2. The van der Waals surface area contributed by atoms with Crippen LogP contribution < -0.4 is 0 Å². The van der Waals surface area contributed by atoms with Gasteiger partial charge in [-0.15, -0.1) is 0 Å². The maximum absolute atomic E-state index is 10.0. The van der Waals surface area contributed by atoms with Crippen molar-refractivity contribution in [3.63, 3.8) is 0 Å². The molecule has 3 heteroatoms. The molecule has 0 aromatic carbocycles. The predicted octanol–water partition coefficient (Wildman–Crippen LogP) is 0.919. The minimum Gasteiger partial charge on any atom is -0.378 e. The van der Waals surface area contributed by atoms with E-state index in [-0.39, 0.29) is 6.61 Å². The summed E-state index contributed by atoms with van der Waals surface area (Å²) in [6.07, 6.45) is 4.01. The van der Waals surface area contributed by atoms with Gasteiger partial charge in [-0.3, -0.25) is 0 Å². The van der Waals surface area contributed by atoms with Gasteiger partial charge in [0, 0.05) is 6.54 Å². The summed E-state index contributed by atoms with van der Waals surface area (Å²) in [5.41, 5.74) is 0. The summed E-state index contributed by atoms with van der Waals surface area (Å²) in [6.45, 7) is 4.40. The molecule has 1 fully saturated rings. The molecular formula is C9H18NO2. The SMILES string of the molecule is [O]CCOCCN1CCCCC1. The molecule has 0 atom stereocenters. The number of nitrogens with zero attached hydrogens (tertiary/aromatic N) is 1. The Hall–Kier alpha value is -0.120. The van der Waals surface area contributed by atoms with E-state index in [1.54, 1.807) is 0 Å². The quantitative estimate of drug-likeness (QED) is 0.578. The molecule has 0 spiro atoms. The van der Waals surface area contributed by atoms with E-state index in [1.165, 1.54) is 32.4 Å². The second-order valence-corrected chi connectivity index (χ2v) is 3.22. The van der Waals surface area contributed by atoms with Crippen molar-refractivity contribution in [2.24, 2.45) is 0 Å². The third-order valence-electron chi connectivity index (χ3n) is 2.23. The van der Waals surface area contributed by atoms with Crippen LogP contribution in [0.5, 0.6) is 0 Å². The zero-order chi connectivity index (χ0) is 8.65. The van der Waals surface area contributed by atoms with Gasteiger partial charge >= 0.3 is 0 Å². The summed E-state index contributed by atoms with van der Waals surface area (Å²) < 4.78 is 5.13. The monoisotopic (exact) mass is 172 g/mol. The Labute approximate surface area is 74.3 Å². The Morgan fingerprint density at radius 3 is 2.50 bits per heavy atom. The van der Waals surface area contributed by atoms with Gasteiger partial charge in [-0.2, -0.15) is 0 Å². The van der Waals surface area contributed by atoms with Gasteiger partial charge in [-0.25, -0.2) is 5.11 Å². The smallest absolute Gasteiger partial charge is 0.106 e. The van der Waals surface area contributed by atoms with E-state index in [9.17, 15) is 5.11 Å². The lowest BCUT2D eigenvalue weighted by molar-refractivity contribution is 0.0486. The van der Waals surface area contributed by atoms with Gasteiger partial charge in [0.1, 0.15) is 6.61 Å². The minimum atomic E-state index is -0.111. The van der Waals surface area contributed by atoms with Crippen molar-refractivity contribution in [2.45, 2.75) is 19.3 Å². The maximum Gasteiger partial charge on any atom is 0.106 e. The van der Waals surface area contributed by atoms with Gasteiger partial charge in [0.05, 0.1) is 13.2 Å². The predicted molar refractivity (Wildman–Crippen MR) is 46.7 cm³/mol.